The normalized spacial score (nSPS) is 26.3. The first-order valence-corrected chi connectivity index (χ1v) is 10.8. The lowest BCUT2D eigenvalue weighted by Crippen LogP contribution is -2.51. The number of aliphatic hydroxyl groups excluding tert-OH is 2. The first-order valence-electron chi connectivity index (χ1n) is 9.82. The Labute approximate surface area is 192 Å². The fourth-order valence-electron chi connectivity index (χ4n) is 3.45. The number of benzene rings is 1. The van der Waals surface area contributed by atoms with Crippen LogP contribution < -0.4 is 0 Å². The molecule has 33 heavy (non-hydrogen) atoms. The molecule has 11 nitrogen and oxygen atoms in total. The summed E-state index contributed by atoms with van der Waals surface area (Å²) in [6, 6.07) is 5.52. The number of carbonyl (C=O) groups is 1. The van der Waals surface area contributed by atoms with E-state index in [1.165, 1.54) is 41.1 Å². The molecule has 1 fully saturated rings. The Morgan fingerprint density at radius 2 is 2.12 bits per heavy atom. The SMILES string of the molecule is C#C[C@@]1(O)[C@@H](COC(Cc2ccc([N+](=O)[O-])cc2)(C(=O)OCC)c2cscn2)OC(O)[C@@H]1O. The summed E-state index contributed by atoms with van der Waals surface area (Å²) in [7, 11) is 0. The molecule has 2 heterocycles. The van der Waals surface area contributed by atoms with Gasteiger partial charge < -0.3 is 29.5 Å². The minimum Gasteiger partial charge on any atom is -0.464 e. The second kappa shape index (κ2) is 9.92. The molecule has 1 aromatic heterocycles. The van der Waals surface area contributed by atoms with Gasteiger partial charge in [-0.05, 0) is 12.5 Å². The van der Waals surface area contributed by atoms with Gasteiger partial charge in [-0.25, -0.2) is 9.78 Å². The highest BCUT2D eigenvalue weighted by Gasteiger charge is 2.56. The van der Waals surface area contributed by atoms with Crippen LogP contribution in [0.5, 0.6) is 0 Å². The van der Waals surface area contributed by atoms with Crippen LogP contribution in [0.15, 0.2) is 35.2 Å². The molecule has 2 aromatic rings. The number of non-ortho nitro benzene ring substituents is 1. The van der Waals surface area contributed by atoms with Crippen molar-refractivity contribution in [3.8, 4) is 12.3 Å². The summed E-state index contributed by atoms with van der Waals surface area (Å²) < 4.78 is 16.4. The zero-order chi connectivity index (χ0) is 24.2. The minimum absolute atomic E-state index is 0.0278. The van der Waals surface area contributed by atoms with Crippen molar-refractivity contribution in [1.82, 2.24) is 4.98 Å². The van der Waals surface area contributed by atoms with Gasteiger partial charge in [-0.3, -0.25) is 10.1 Å². The van der Waals surface area contributed by atoms with E-state index in [2.05, 4.69) is 4.98 Å². The van der Waals surface area contributed by atoms with E-state index >= 15 is 0 Å². The summed E-state index contributed by atoms with van der Waals surface area (Å²) in [5, 5.41) is 43.0. The number of hydrogen-bond acceptors (Lipinski definition) is 11. The summed E-state index contributed by atoms with van der Waals surface area (Å²) >= 11 is 1.20. The molecule has 1 aromatic carbocycles. The topological polar surface area (TPSA) is 161 Å². The van der Waals surface area contributed by atoms with Gasteiger partial charge in [0.25, 0.3) is 5.69 Å². The van der Waals surface area contributed by atoms with Gasteiger partial charge >= 0.3 is 5.97 Å². The molecule has 1 aliphatic heterocycles. The van der Waals surface area contributed by atoms with Gasteiger partial charge in [-0.15, -0.1) is 17.8 Å². The summed E-state index contributed by atoms with van der Waals surface area (Å²) in [4.78, 5) is 27.8. The van der Waals surface area contributed by atoms with Crippen molar-refractivity contribution < 1.29 is 39.2 Å². The fraction of sp³-hybridized carbons (Fsp3) is 0.429. The summed E-state index contributed by atoms with van der Waals surface area (Å²) in [6.07, 6.45) is 0.299. The standard InChI is InChI=1S/C21H22N2O9S/c1-3-20(27)16(32-18(25)17(20)24)10-31-21(19(26)30-4-2,15-11-33-12-22-15)9-13-5-7-14(8-6-13)23(28)29/h1,5-8,11-12,16-18,24-25,27H,4,9-10H2,2H3/t16-,17+,18?,20-,21?/m1/s1. The molecule has 0 bridgehead atoms. The Kier molecular flexibility index (Phi) is 7.43. The van der Waals surface area contributed by atoms with Crippen LogP contribution in [0.2, 0.25) is 0 Å². The Bertz CT molecular complexity index is 1020. The van der Waals surface area contributed by atoms with Gasteiger partial charge in [-0.1, -0.05) is 18.1 Å². The molecule has 0 saturated carbocycles. The third-order valence-electron chi connectivity index (χ3n) is 5.28. The van der Waals surface area contributed by atoms with Crippen LogP contribution in [0.1, 0.15) is 18.2 Å². The van der Waals surface area contributed by atoms with Crippen LogP contribution in [0.25, 0.3) is 0 Å². The molecule has 3 N–H and O–H groups in total. The minimum atomic E-state index is -2.27. The van der Waals surface area contributed by atoms with E-state index in [1.807, 2.05) is 5.92 Å². The molecule has 5 atom stereocenters. The molecular weight excluding hydrogens is 456 g/mol. The smallest absolute Gasteiger partial charge is 0.345 e. The quantitative estimate of drug-likeness (QED) is 0.200. The number of aliphatic hydroxyl groups is 3. The lowest BCUT2D eigenvalue weighted by Gasteiger charge is -2.33. The number of nitrogens with zero attached hydrogens (tertiary/aromatic N) is 2. The highest BCUT2D eigenvalue weighted by molar-refractivity contribution is 7.07. The number of terminal acetylenes is 1. The van der Waals surface area contributed by atoms with Crippen molar-refractivity contribution in [3.05, 3.63) is 56.5 Å². The lowest BCUT2D eigenvalue weighted by molar-refractivity contribution is -0.384. The Balaban J connectivity index is 1.98. The summed E-state index contributed by atoms with van der Waals surface area (Å²) in [6.45, 7) is 1.12. The van der Waals surface area contributed by atoms with Crippen LogP contribution in [0, 0.1) is 22.5 Å². The molecule has 0 amide bonds. The zero-order valence-corrected chi connectivity index (χ0v) is 18.3. The van der Waals surface area contributed by atoms with E-state index in [9.17, 15) is 30.2 Å². The second-order valence-corrected chi connectivity index (χ2v) is 7.98. The van der Waals surface area contributed by atoms with E-state index in [0.29, 0.717) is 5.56 Å². The third-order valence-corrected chi connectivity index (χ3v) is 5.87. The molecule has 176 valence electrons. The molecule has 0 aliphatic carbocycles. The van der Waals surface area contributed by atoms with Gasteiger partial charge in [0.15, 0.2) is 11.9 Å². The van der Waals surface area contributed by atoms with E-state index < -0.39 is 47.2 Å². The predicted molar refractivity (Wildman–Crippen MR) is 114 cm³/mol. The maximum Gasteiger partial charge on any atom is 0.345 e. The molecule has 0 spiro atoms. The van der Waals surface area contributed by atoms with E-state index in [4.69, 9.17) is 20.6 Å². The van der Waals surface area contributed by atoms with Crippen molar-refractivity contribution in [2.45, 2.75) is 43.0 Å². The van der Waals surface area contributed by atoms with Gasteiger partial charge in [-0.2, -0.15) is 0 Å². The van der Waals surface area contributed by atoms with Crippen molar-refractivity contribution in [3.63, 3.8) is 0 Å². The van der Waals surface area contributed by atoms with Crippen LogP contribution >= 0.6 is 11.3 Å². The largest absolute Gasteiger partial charge is 0.464 e. The number of carbonyl (C=O) groups excluding carboxylic acids is 1. The average molecular weight is 478 g/mol. The van der Waals surface area contributed by atoms with Gasteiger partial charge in [0.1, 0.15) is 12.2 Å². The maximum atomic E-state index is 13.2. The lowest BCUT2D eigenvalue weighted by atomic mass is 9.90. The number of rotatable bonds is 9. The van der Waals surface area contributed by atoms with Gasteiger partial charge in [0, 0.05) is 23.9 Å². The Hall–Kier alpha value is -2.92. The number of thiazole rings is 1. The van der Waals surface area contributed by atoms with E-state index in [-0.39, 0.29) is 24.4 Å². The summed E-state index contributed by atoms with van der Waals surface area (Å²) in [5.41, 5.74) is -2.04. The third kappa shape index (κ3) is 4.74. The van der Waals surface area contributed by atoms with Gasteiger partial charge in [0.2, 0.25) is 5.60 Å². The monoisotopic (exact) mass is 478 g/mol. The predicted octanol–water partition coefficient (Wildman–Crippen LogP) is 0.511. The second-order valence-electron chi connectivity index (χ2n) is 7.26. The highest BCUT2D eigenvalue weighted by Crippen LogP contribution is 2.36. The highest BCUT2D eigenvalue weighted by atomic mass is 32.1. The molecule has 1 saturated heterocycles. The number of ether oxygens (including phenoxy) is 3. The van der Waals surface area contributed by atoms with E-state index in [0.717, 1.165) is 0 Å². The average Bonchev–Trinajstić information content (AvgIpc) is 3.41. The number of nitro benzene ring substituents is 1. The fourth-order valence-corrected chi connectivity index (χ4v) is 4.07. The molecule has 2 unspecified atom stereocenters. The van der Waals surface area contributed by atoms with Crippen LogP contribution in [-0.2, 0) is 31.0 Å². The zero-order valence-electron chi connectivity index (χ0n) is 17.5. The Morgan fingerprint density at radius 3 is 2.67 bits per heavy atom. The van der Waals surface area contributed by atoms with Crippen molar-refractivity contribution in [1.29, 1.82) is 0 Å². The molecular formula is C21H22N2O9S. The van der Waals surface area contributed by atoms with E-state index in [1.54, 1.807) is 12.3 Å². The molecule has 12 heteroatoms. The molecule has 3 rings (SSSR count). The summed E-state index contributed by atoms with van der Waals surface area (Å²) in [5.74, 6) is 1.22. The molecule has 0 radical (unpaired) electrons. The van der Waals surface area contributed by atoms with Gasteiger partial charge in [0.05, 0.1) is 29.3 Å². The van der Waals surface area contributed by atoms with Crippen molar-refractivity contribution in [2.24, 2.45) is 0 Å². The first-order chi connectivity index (χ1) is 15.7. The number of aromatic nitrogens is 1. The molecule has 1 aliphatic rings. The number of hydrogen-bond donors (Lipinski definition) is 3. The van der Waals surface area contributed by atoms with Crippen LogP contribution in [0.3, 0.4) is 0 Å². The number of nitro groups is 1. The van der Waals surface area contributed by atoms with Crippen molar-refractivity contribution >= 4 is 23.0 Å². The van der Waals surface area contributed by atoms with Crippen LogP contribution in [-0.4, -0.2) is 68.5 Å². The van der Waals surface area contributed by atoms with Crippen LogP contribution in [0.4, 0.5) is 5.69 Å². The first kappa shape index (κ1) is 24.7. The number of esters is 1. The Morgan fingerprint density at radius 1 is 1.42 bits per heavy atom. The van der Waals surface area contributed by atoms with Crippen molar-refractivity contribution in [2.75, 3.05) is 13.2 Å². The maximum absolute atomic E-state index is 13.2.